The molecule has 106 valence electrons. The second-order valence-corrected chi connectivity index (χ2v) is 6.01. The van der Waals surface area contributed by atoms with E-state index < -0.39 is 0 Å². The van der Waals surface area contributed by atoms with E-state index in [1.807, 2.05) is 36.5 Å². The van der Waals surface area contributed by atoms with Crippen LogP contribution in [0.4, 0.5) is 11.4 Å². The van der Waals surface area contributed by atoms with E-state index in [9.17, 15) is 0 Å². The van der Waals surface area contributed by atoms with Crippen LogP contribution >= 0.6 is 15.9 Å². The SMILES string of the molecule is CN(Cc1cccc(Br)c1)c1ccnc2cc(N)ccc12. The molecule has 21 heavy (non-hydrogen) atoms. The van der Waals surface area contributed by atoms with E-state index >= 15 is 0 Å². The van der Waals surface area contributed by atoms with Gasteiger partial charge in [0.05, 0.1) is 5.52 Å². The van der Waals surface area contributed by atoms with Gasteiger partial charge >= 0.3 is 0 Å². The van der Waals surface area contributed by atoms with Crippen LogP contribution in [0.15, 0.2) is 59.2 Å². The molecule has 0 aliphatic rings. The standard InChI is InChI=1S/C17H16BrN3/c1-21(11-12-3-2-4-13(18)9-12)17-7-8-20-16-10-14(19)5-6-15(16)17/h2-10H,11,19H2,1H3. The summed E-state index contributed by atoms with van der Waals surface area (Å²) in [7, 11) is 2.09. The third-order valence-electron chi connectivity index (χ3n) is 3.46. The number of nitrogens with zero attached hydrogens (tertiary/aromatic N) is 2. The average Bonchev–Trinajstić information content (AvgIpc) is 2.46. The van der Waals surface area contributed by atoms with Gasteiger partial charge in [0.1, 0.15) is 0 Å². The maximum atomic E-state index is 5.83. The fourth-order valence-corrected chi connectivity index (χ4v) is 2.92. The molecule has 0 spiro atoms. The highest BCUT2D eigenvalue weighted by Gasteiger charge is 2.08. The van der Waals surface area contributed by atoms with Crippen LogP contribution in [0.3, 0.4) is 0 Å². The van der Waals surface area contributed by atoms with E-state index in [2.05, 4.69) is 51.1 Å². The number of benzene rings is 2. The van der Waals surface area contributed by atoms with Crippen LogP contribution in [-0.2, 0) is 6.54 Å². The van der Waals surface area contributed by atoms with Crippen LogP contribution in [0, 0.1) is 0 Å². The van der Waals surface area contributed by atoms with Gasteiger partial charge in [-0.15, -0.1) is 0 Å². The summed E-state index contributed by atoms with van der Waals surface area (Å²) >= 11 is 3.51. The van der Waals surface area contributed by atoms with Gasteiger partial charge in [0.15, 0.2) is 0 Å². The number of hydrogen-bond acceptors (Lipinski definition) is 3. The van der Waals surface area contributed by atoms with Crippen LogP contribution in [0.5, 0.6) is 0 Å². The number of rotatable bonds is 3. The Bertz CT molecular complexity index is 786. The van der Waals surface area contributed by atoms with E-state index in [1.54, 1.807) is 0 Å². The zero-order valence-electron chi connectivity index (χ0n) is 11.8. The highest BCUT2D eigenvalue weighted by atomic mass is 79.9. The lowest BCUT2D eigenvalue weighted by molar-refractivity contribution is 0.926. The Morgan fingerprint density at radius 1 is 1.14 bits per heavy atom. The number of nitrogens with two attached hydrogens (primary N) is 1. The van der Waals surface area contributed by atoms with Crippen LogP contribution in [0.1, 0.15) is 5.56 Å². The summed E-state index contributed by atoms with van der Waals surface area (Å²) in [5.41, 5.74) is 9.90. The zero-order valence-corrected chi connectivity index (χ0v) is 13.3. The molecular weight excluding hydrogens is 326 g/mol. The van der Waals surface area contributed by atoms with Crippen molar-refractivity contribution in [1.29, 1.82) is 0 Å². The van der Waals surface area contributed by atoms with Crippen molar-refractivity contribution in [3.8, 4) is 0 Å². The lowest BCUT2D eigenvalue weighted by Crippen LogP contribution is -2.16. The summed E-state index contributed by atoms with van der Waals surface area (Å²) in [4.78, 5) is 6.62. The smallest absolute Gasteiger partial charge is 0.0743 e. The van der Waals surface area contributed by atoms with Crippen molar-refractivity contribution in [3.63, 3.8) is 0 Å². The second-order valence-electron chi connectivity index (χ2n) is 5.09. The van der Waals surface area contributed by atoms with Crippen molar-refractivity contribution in [1.82, 2.24) is 4.98 Å². The van der Waals surface area contributed by atoms with Crippen molar-refractivity contribution in [2.24, 2.45) is 0 Å². The number of anilines is 2. The normalized spacial score (nSPS) is 10.8. The zero-order chi connectivity index (χ0) is 14.8. The summed E-state index contributed by atoms with van der Waals surface area (Å²) in [5, 5.41) is 1.11. The quantitative estimate of drug-likeness (QED) is 0.725. The molecule has 1 heterocycles. The van der Waals surface area contributed by atoms with E-state index in [-0.39, 0.29) is 0 Å². The van der Waals surface area contributed by atoms with Gasteiger partial charge in [-0.05, 0) is 42.0 Å². The molecule has 3 rings (SSSR count). The van der Waals surface area contributed by atoms with Gasteiger partial charge in [-0.1, -0.05) is 28.1 Å². The molecule has 2 aromatic carbocycles. The number of fused-ring (bicyclic) bond motifs is 1. The van der Waals surface area contributed by atoms with Crippen molar-refractivity contribution >= 4 is 38.2 Å². The second kappa shape index (κ2) is 5.74. The molecule has 0 bridgehead atoms. The van der Waals surface area contributed by atoms with Gasteiger partial charge in [-0.2, -0.15) is 0 Å². The van der Waals surface area contributed by atoms with Crippen LogP contribution in [0.2, 0.25) is 0 Å². The molecule has 2 N–H and O–H groups in total. The highest BCUT2D eigenvalue weighted by Crippen LogP contribution is 2.27. The Kier molecular flexibility index (Phi) is 3.80. The summed E-state index contributed by atoms with van der Waals surface area (Å²) in [6, 6.07) is 16.3. The minimum atomic E-state index is 0.738. The molecular formula is C17H16BrN3. The van der Waals surface area contributed by atoms with Gasteiger partial charge < -0.3 is 10.6 Å². The fraction of sp³-hybridized carbons (Fsp3) is 0.118. The average molecular weight is 342 g/mol. The maximum absolute atomic E-state index is 5.83. The molecule has 0 saturated carbocycles. The summed E-state index contributed by atoms with van der Waals surface area (Å²) in [5.74, 6) is 0. The van der Waals surface area contributed by atoms with Crippen molar-refractivity contribution < 1.29 is 0 Å². The molecule has 0 amide bonds. The maximum Gasteiger partial charge on any atom is 0.0743 e. The molecule has 0 saturated heterocycles. The first kappa shape index (κ1) is 13.9. The Hall–Kier alpha value is -2.07. The van der Waals surface area contributed by atoms with E-state index in [1.165, 1.54) is 5.56 Å². The highest BCUT2D eigenvalue weighted by molar-refractivity contribution is 9.10. The molecule has 1 aromatic heterocycles. The number of aromatic nitrogens is 1. The fourth-order valence-electron chi connectivity index (χ4n) is 2.48. The van der Waals surface area contributed by atoms with Crippen LogP contribution in [-0.4, -0.2) is 12.0 Å². The van der Waals surface area contributed by atoms with Crippen molar-refractivity contribution in [2.45, 2.75) is 6.54 Å². The third-order valence-corrected chi connectivity index (χ3v) is 3.96. The lowest BCUT2D eigenvalue weighted by atomic mass is 10.1. The first-order chi connectivity index (χ1) is 10.1. The number of hydrogen-bond donors (Lipinski definition) is 1. The Morgan fingerprint density at radius 3 is 2.81 bits per heavy atom. The van der Waals surface area contributed by atoms with Crippen LogP contribution in [0.25, 0.3) is 10.9 Å². The molecule has 3 nitrogen and oxygen atoms in total. The van der Waals surface area contributed by atoms with Gasteiger partial charge in [0.25, 0.3) is 0 Å². The summed E-state index contributed by atoms with van der Waals surface area (Å²) in [6.45, 7) is 0.836. The Labute approximate surface area is 132 Å². The molecule has 0 fully saturated rings. The number of pyridine rings is 1. The first-order valence-electron chi connectivity index (χ1n) is 6.73. The molecule has 0 radical (unpaired) electrons. The number of halogens is 1. The summed E-state index contributed by atoms with van der Waals surface area (Å²) < 4.78 is 1.10. The largest absolute Gasteiger partial charge is 0.399 e. The lowest BCUT2D eigenvalue weighted by Gasteiger charge is -2.21. The molecule has 0 unspecified atom stereocenters. The van der Waals surface area contributed by atoms with Crippen molar-refractivity contribution in [3.05, 3.63) is 64.8 Å². The Morgan fingerprint density at radius 2 is 2.00 bits per heavy atom. The minimum absolute atomic E-state index is 0.738. The molecule has 0 atom stereocenters. The van der Waals surface area contributed by atoms with Gasteiger partial charge in [-0.3, -0.25) is 4.98 Å². The van der Waals surface area contributed by atoms with E-state index in [4.69, 9.17) is 5.73 Å². The predicted molar refractivity (Wildman–Crippen MR) is 92.4 cm³/mol. The third kappa shape index (κ3) is 3.00. The summed E-state index contributed by atoms with van der Waals surface area (Å²) in [6.07, 6.45) is 1.83. The van der Waals surface area contributed by atoms with Crippen LogP contribution < -0.4 is 10.6 Å². The molecule has 4 heteroatoms. The number of nitrogen functional groups attached to an aromatic ring is 1. The van der Waals surface area contributed by atoms with E-state index in [0.29, 0.717) is 0 Å². The van der Waals surface area contributed by atoms with E-state index in [0.717, 1.165) is 33.3 Å². The first-order valence-corrected chi connectivity index (χ1v) is 7.52. The van der Waals surface area contributed by atoms with Gasteiger partial charge in [0.2, 0.25) is 0 Å². The van der Waals surface area contributed by atoms with Gasteiger partial charge in [-0.25, -0.2) is 0 Å². The molecule has 0 aliphatic carbocycles. The van der Waals surface area contributed by atoms with Gasteiger partial charge in [0, 0.05) is 41.0 Å². The molecule has 3 aromatic rings. The Balaban J connectivity index is 1.96. The predicted octanol–water partition coefficient (Wildman–Crippen LogP) is 4.22. The van der Waals surface area contributed by atoms with Crippen molar-refractivity contribution in [2.75, 3.05) is 17.7 Å². The monoisotopic (exact) mass is 341 g/mol. The topological polar surface area (TPSA) is 42.2 Å². The minimum Gasteiger partial charge on any atom is -0.399 e. The molecule has 0 aliphatic heterocycles.